The van der Waals surface area contributed by atoms with Crippen molar-refractivity contribution in [1.82, 2.24) is 5.32 Å². The topological polar surface area (TPSA) is 21.3 Å². The number of hydrogen-bond acceptors (Lipinski definition) is 3. The minimum atomic E-state index is 0.544. The van der Waals surface area contributed by atoms with Gasteiger partial charge in [0.2, 0.25) is 0 Å². The zero-order valence-electron chi connectivity index (χ0n) is 10.7. The Morgan fingerprint density at radius 1 is 1.38 bits per heavy atom. The number of thiophene rings is 1. The lowest BCUT2D eigenvalue weighted by Crippen LogP contribution is -2.34. The van der Waals surface area contributed by atoms with Gasteiger partial charge in [-0.05, 0) is 31.4 Å². The maximum Gasteiger partial charge on any atom is 0.0477 e. The molecule has 16 heavy (non-hydrogen) atoms. The van der Waals surface area contributed by atoms with E-state index in [4.69, 9.17) is 4.74 Å². The molecule has 1 N–H and O–H groups in total. The van der Waals surface area contributed by atoms with E-state index in [0.717, 1.165) is 19.6 Å². The molecule has 1 rings (SSSR count). The fourth-order valence-electron chi connectivity index (χ4n) is 1.73. The lowest BCUT2D eigenvalue weighted by atomic mass is 10.0. The van der Waals surface area contributed by atoms with Crippen molar-refractivity contribution >= 4 is 11.3 Å². The predicted octanol–water partition coefficient (Wildman–Crippen LogP) is 3.21. The molecule has 0 aliphatic carbocycles. The first-order valence-corrected chi connectivity index (χ1v) is 6.72. The molecular weight excluding hydrogens is 218 g/mol. The minimum absolute atomic E-state index is 0.544. The van der Waals surface area contributed by atoms with Gasteiger partial charge in [0.1, 0.15) is 0 Å². The molecule has 0 radical (unpaired) electrons. The van der Waals surface area contributed by atoms with Crippen molar-refractivity contribution < 1.29 is 4.74 Å². The van der Waals surface area contributed by atoms with E-state index in [2.05, 4.69) is 38.2 Å². The Labute approximate surface area is 103 Å². The molecule has 1 heterocycles. The number of hydrogen-bond donors (Lipinski definition) is 1. The summed E-state index contributed by atoms with van der Waals surface area (Å²) < 4.78 is 5.14. The third-order valence-corrected chi connectivity index (χ3v) is 3.77. The smallest absolute Gasteiger partial charge is 0.0477 e. The van der Waals surface area contributed by atoms with Crippen molar-refractivity contribution in [1.29, 1.82) is 0 Å². The van der Waals surface area contributed by atoms with Crippen LogP contribution in [0.4, 0.5) is 0 Å². The van der Waals surface area contributed by atoms with Gasteiger partial charge in [0.15, 0.2) is 0 Å². The molecule has 1 aromatic rings. The predicted molar refractivity (Wildman–Crippen MR) is 71.0 cm³/mol. The van der Waals surface area contributed by atoms with E-state index in [1.807, 2.05) is 11.3 Å². The molecule has 92 valence electrons. The van der Waals surface area contributed by atoms with Gasteiger partial charge in [-0.2, -0.15) is 0 Å². The van der Waals surface area contributed by atoms with E-state index in [1.54, 1.807) is 7.11 Å². The maximum absolute atomic E-state index is 5.14. The minimum Gasteiger partial charge on any atom is -0.385 e. The molecule has 1 aromatic heterocycles. The van der Waals surface area contributed by atoms with Crippen molar-refractivity contribution in [3.05, 3.63) is 21.9 Å². The second-order valence-corrected chi connectivity index (χ2v) is 5.90. The lowest BCUT2D eigenvalue weighted by molar-refractivity contribution is 0.173. The maximum atomic E-state index is 5.14. The molecule has 1 unspecified atom stereocenters. The Balaban J connectivity index is 2.37. The SMILES string of the molecule is COCCC(NCc1ccc(C)s1)C(C)C. The summed E-state index contributed by atoms with van der Waals surface area (Å²) in [6.07, 6.45) is 1.08. The van der Waals surface area contributed by atoms with Crippen LogP contribution in [0.25, 0.3) is 0 Å². The second kappa shape index (κ2) is 7.05. The second-order valence-electron chi connectivity index (χ2n) is 4.53. The zero-order chi connectivity index (χ0) is 12.0. The summed E-state index contributed by atoms with van der Waals surface area (Å²) in [5.41, 5.74) is 0. The molecule has 2 nitrogen and oxygen atoms in total. The number of methoxy groups -OCH3 is 1. The highest BCUT2D eigenvalue weighted by Crippen LogP contribution is 2.16. The Bertz CT molecular complexity index is 296. The summed E-state index contributed by atoms with van der Waals surface area (Å²) in [7, 11) is 1.76. The van der Waals surface area contributed by atoms with Gasteiger partial charge in [0.25, 0.3) is 0 Å². The fourth-order valence-corrected chi connectivity index (χ4v) is 2.57. The van der Waals surface area contributed by atoms with Gasteiger partial charge in [0.05, 0.1) is 0 Å². The van der Waals surface area contributed by atoms with Crippen molar-refractivity contribution in [3.63, 3.8) is 0 Å². The van der Waals surface area contributed by atoms with Crippen molar-refractivity contribution in [2.75, 3.05) is 13.7 Å². The molecule has 0 aliphatic heterocycles. The summed E-state index contributed by atoms with van der Waals surface area (Å²) >= 11 is 1.87. The van der Waals surface area contributed by atoms with Crippen LogP contribution in [0.1, 0.15) is 30.0 Å². The van der Waals surface area contributed by atoms with E-state index in [0.29, 0.717) is 12.0 Å². The number of nitrogens with one attached hydrogen (secondary N) is 1. The molecular formula is C13H23NOS. The molecule has 0 saturated heterocycles. The Hall–Kier alpha value is -0.380. The third-order valence-electron chi connectivity index (χ3n) is 2.77. The van der Waals surface area contributed by atoms with Gasteiger partial charge in [-0.15, -0.1) is 11.3 Å². The zero-order valence-corrected chi connectivity index (χ0v) is 11.6. The summed E-state index contributed by atoms with van der Waals surface area (Å²) in [6, 6.07) is 4.93. The monoisotopic (exact) mass is 241 g/mol. The quantitative estimate of drug-likeness (QED) is 0.791. The van der Waals surface area contributed by atoms with Gasteiger partial charge in [-0.25, -0.2) is 0 Å². The highest BCUT2D eigenvalue weighted by Gasteiger charge is 2.12. The third kappa shape index (κ3) is 4.64. The molecule has 0 bridgehead atoms. The van der Waals surface area contributed by atoms with Gasteiger partial charge < -0.3 is 10.1 Å². The van der Waals surface area contributed by atoms with Crippen LogP contribution in [-0.4, -0.2) is 19.8 Å². The van der Waals surface area contributed by atoms with Crippen molar-refractivity contribution in [2.24, 2.45) is 5.92 Å². The van der Waals surface area contributed by atoms with E-state index in [9.17, 15) is 0 Å². The average Bonchev–Trinajstić information content (AvgIpc) is 2.64. The van der Waals surface area contributed by atoms with Crippen LogP contribution < -0.4 is 5.32 Å². The Morgan fingerprint density at radius 2 is 2.12 bits per heavy atom. The first kappa shape index (κ1) is 13.7. The normalized spacial score (nSPS) is 13.3. The number of aryl methyl sites for hydroxylation is 1. The fraction of sp³-hybridized carbons (Fsp3) is 0.692. The van der Waals surface area contributed by atoms with E-state index < -0.39 is 0 Å². The van der Waals surface area contributed by atoms with Crippen LogP contribution >= 0.6 is 11.3 Å². The molecule has 3 heteroatoms. The van der Waals surface area contributed by atoms with E-state index in [1.165, 1.54) is 9.75 Å². The summed E-state index contributed by atoms with van der Waals surface area (Å²) in [5, 5.41) is 3.61. The first-order chi connectivity index (χ1) is 7.63. The lowest BCUT2D eigenvalue weighted by Gasteiger charge is -2.21. The van der Waals surface area contributed by atoms with E-state index in [-0.39, 0.29) is 0 Å². The van der Waals surface area contributed by atoms with Crippen LogP contribution in [0.3, 0.4) is 0 Å². The Kier molecular flexibility index (Phi) is 6.03. The van der Waals surface area contributed by atoms with Crippen LogP contribution in [0.2, 0.25) is 0 Å². The van der Waals surface area contributed by atoms with Gasteiger partial charge >= 0.3 is 0 Å². The van der Waals surface area contributed by atoms with E-state index >= 15 is 0 Å². The van der Waals surface area contributed by atoms with Crippen molar-refractivity contribution in [2.45, 2.75) is 39.8 Å². The van der Waals surface area contributed by atoms with Crippen LogP contribution in [0.5, 0.6) is 0 Å². The average molecular weight is 241 g/mol. The molecule has 0 saturated carbocycles. The summed E-state index contributed by atoms with van der Waals surface area (Å²) in [5.74, 6) is 0.649. The molecule has 0 aliphatic rings. The summed E-state index contributed by atoms with van der Waals surface area (Å²) in [4.78, 5) is 2.80. The van der Waals surface area contributed by atoms with Crippen LogP contribution in [-0.2, 0) is 11.3 Å². The van der Waals surface area contributed by atoms with Gasteiger partial charge in [-0.1, -0.05) is 13.8 Å². The van der Waals surface area contributed by atoms with Gasteiger partial charge in [-0.3, -0.25) is 0 Å². The Morgan fingerprint density at radius 3 is 2.62 bits per heavy atom. The number of rotatable bonds is 7. The van der Waals surface area contributed by atoms with Crippen LogP contribution in [0.15, 0.2) is 12.1 Å². The largest absolute Gasteiger partial charge is 0.385 e. The molecule has 0 spiro atoms. The molecule has 0 fully saturated rings. The first-order valence-electron chi connectivity index (χ1n) is 5.91. The van der Waals surface area contributed by atoms with Gasteiger partial charge in [0, 0.05) is 36.1 Å². The molecule has 0 aromatic carbocycles. The van der Waals surface area contributed by atoms with Crippen LogP contribution in [0, 0.1) is 12.8 Å². The standard InChI is InChI=1S/C13H23NOS/c1-10(2)13(7-8-15-4)14-9-12-6-5-11(3)16-12/h5-6,10,13-14H,7-9H2,1-4H3. The highest BCUT2D eigenvalue weighted by atomic mass is 32.1. The highest BCUT2D eigenvalue weighted by molar-refractivity contribution is 7.11. The van der Waals surface area contributed by atoms with Crippen molar-refractivity contribution in [3.8, 4) is 0 Å². The number of ether oxygens (including phenoxy) is 1. The summed E-state index contributed by atoms with van der Waals surface area (Å²) in [6.45, 7) is 8.48. The molecule has 0 amide bonds. The molecule has 1 atom stereocenters.